The number of aromatic nitrogens is 5. The number of rotatable bonds is 7. The van der Waals surface area contributed by atoms with E-state index in [4.69, 9.17) is 27.9 Å². The van der Waals surface area contributed by atoms with Crippen LogP contribution in [0.5, 0.6) is 5.75 Å². The highest BCUT2D eigenvalue weighted by molar-refractivity contribution is 6.34. The lowest BCUT2D eigenvalue weighted by atomic mass is 10.2. The van der Waals surface area contributed by atoms with Crippen LogP contribution in [0, 0.1) is 0 Å². The SMILES string of the molecule is O=c1ccc2cc(OCCCc3nnnn3Cc3cc(Cl)cc(Cl)c3)ccc2[nH]1. The van der Waals surface area contributed by atoms with Gasteiger partial charge in [0.1, 0.15) is 5.75 Å². The van der Waals surface area contributed by atoms with Gasteiger partial charge in [-0.05, 0) is 64.9 Å². The van der Waals surface area contributed by atoms with E-state index < -0.39 is 0 Å². The van der Waals surface area contributed by atoms with E-state index in [-0.39, 0.29) is 5.56 Å². The fourth-order valence-electron chi connectivity index (χ4n) is 3.04. The molecule has 0 spiro atoms. The average Bonchev–Trinajstić information content (AvgIpc) is 3.11. The van der Waals surface area contributed by atoms with Gasteiger partial charge in [0.05, 0.1) is 13.2 Å². The molecule has 7 nitrogen and oxygen atoms in total. The van der Waals surface area contributed by atoms with Crippen molar-refractivity contribution >= 4 is 34.1 Å². The first-order chi connectivity index (χ1) is 14.1. The van der Waals surface area contributed by atoms with Gasteiger partial charge < -0.3 is 9.72 Å². The summed E-state index contributed by atoms with van der Waals surface area (Å²) < 4.78 is 7.56. The van der Waals surface area contributed by atoms with Gasteiger partial charge in [0.25, 0.3) is 0 Å². The molecule has 0 bridgehead atoms. The Morgan fingerprint density at radius 2 is 1.86 bits per heavy atom. The summed E-state index contributed by atoms with van der Waals surface area (Å²) in [4.78, 5) is 14.1. The van der Waals surface area contributed by atoms with Crippen LogP contribution in [-0.4, -0.2) is 31.8 Å². The van der Waals surface area contributed by atoms with Crippen molar-refractivity contribution in [3.63, 3.8) is 0 Å². The molecule has 0 aliphatic rings. The number of halogens is 2. The van der Waals surface area contributed by atoms with Crippen LogP contribution in [0.3, 0.4) is 0 Å². The fourth-order valence-corrected chi connectivity index (χ4v) is 3.61. The highest BCUT2D eigenvalue weighted by atomic mass is 35.5. The molecule has 9 heteroatoms. The Labute approximate surface area is 176 Å². The summed E-state index contributed by atoms with van der Waals surface area (Å²) in [6, 6.07) is 14.2. The number of tetrazole rings is 1. The van der Waals surface area contributed by atoms with Gasteiger partial charge in [-0.1, -0.05) is 23.2 Å². The maximum Gasteiger partial charge on any atom is 0.248 e. The highest BCUT2D eigenvalue weighted by Crippen LogP contribution is 2.20. The molecule has 0 atom stereocenters. The minimum absolute atomic E-state index is 0.121. The molecule has 0 amide bonds. The second-order valence-electron chi connectivity index (χ2n) is 6.55. The van der Waals surface area contributed by atoms with Crippen LogP contribution in [0.4, 0.5) is 0 Å². The van der Waals surface area contributed by atoms with Gasteiger partial charge >= 0.3 is 0 Å². The molecule has 2 aromatic heterocycles. The Hall–Kier alpha value is -2.90. The fraction of sp³-hybridized carbons (Fsp3) is 0.200. The summed E-state index contributed by atoms with van der Waals surface area (Å²) in [6.07, 6.45) is 1.42. The van der Waals surface area contributed by atoms with E-state index in [1.165, 1.54) is 6.07 Å². The zero-order valence-corrected chi connectivity index (χ0v) is 16.8. The van der Waals surface area contributed by atoms with Gasteiger partial charge in [-0.25, -0.2) is 4.68 Å². The van der Waals surface area contributed by atoms with Crippen molar-refractivity contribution in [2.24, 2.45) is 0 Å². The highest BCUT2D eigenvalue weighted by Gasteiger charge is 2.08. The summed E-state index contributed by atoms with van der Waals surface area (Å²) in [5.41, 5.74) is 1.59. The summed E-state index contributed by atoms with van der Waals surface area (Å²) in [5, 5.41) is 14.0. The third kappa shape index (κ3) is 4.93. The zero-order chi connectivity index (χ0) is 20.2. The molecule has 1 N–H and O–H groups in total. The number of benzene rings is 2. The summed E-state index contributed by atoms with van der Waals surface area (Å²) >= 11 is 12.1. The summed E-state index contributed by atoms with van der Waals surface area (Å²) in [5.74, 6) is 1.51. The van der Waals surface area contributed by atoms with Crippen LogP contribution in [0.15, 0.2) is 53.3 Å². The van der Waals surface area contributed by atoms with Crippen molar-refractivity contribution in [1.82, 2.24) is 25.2 Å². The average molecular weight is 430 g/mol. The molecule has 0 saturated heterocycles. The van der Waals surface area contributed by atoms with Crippen LogP contribution in [0.1, 0.15) is 17.8 Å². The number of hydrogen-bond acceptors (Lipinski definition) is 5. The predicted octanol–water partition coefficient (Wildman–Crippen LogP) is 3.88. The number of ether oxygens (including phenoxy) is 1. The number of H-pyrrole nitrogens is 1. The van der Waals surface area contributed by atoms with E-state index in [1.54, 1.807) is 16.8 Å². The molecule has 0 radical (unpaired) electrons. The van der Waals surface area contributed by atoms with Crippen LogP contribution in [0.25, 0.3) is 10.9 Å². The second-order valence-corrected chi connectivity index (χ2v) is 7.43. The standard InChI is InChI=1S/C20H17Cl2N5O2/c21-15-8-13(9-16(22)11-15)12-27-19(24-25-26-27)2-1-7-29-17-4-5-18-14(10-17)3-6-20(28)23-18/h3-6,8-11H,1-2,7,12H2,(H,23,28). The van der Waals surface area contributed by atoms with Gasteiger partial charge in [-0.3, -0.25) is 4.79 Å². The van der Waals surface area contributed by atoms with Crippen molar-refractivity contribution in [3.8, 4) is 5.75 Å². The molecule has 4 rings (SSSR count). The molecular formula is C20H17Cl2N5O2. The van der Waals surface area contributed by atoms with Crippen molar-refractivity contribution in [2.45, 2.75) is 19.4 Å². The van der Waals surface area contributed by atoms with Gasteiger partial charge in [0.15, 0.2) is 5.82 Å². The number of hydrogen-bond donors (Lipinski definition) is 1. The van der Waals surface area contributed by atoms with E-state index >= 15 is 0 Å². The molecule has 0 aliphatic carbocycles. The first-order valence-electron chi connectivity index (χ1n) is 9.03. The topological polar surface area (TPSA) is 85.7 Å². The third-order valence-corrected chi connectivity index (χ3v) is 4.81. The van der Waals surface area contributed by atoms with E-state index in [0.717, 1.165) is 34.5 Å². The van der Waals surface area contributed by atoms with Gasteiger partial charge in [0.2, 0.25) is 5.56 Å². The zero-order valence-electron chi connectivity index (χ0n) is 15.3. The van der Waals surface area contributed by atoms with Crippen LogP contribution in [0.2, 0.25) is 10.0 Å². The largest absolute Gasteiger partial charge is 0.494 e. The predicted molar refractivity (Wildman–Crippen MR) is 112 cm³/mol. The molecule has 29 heavy (non-hydrogen) atoms. The molecule has 0 aliphatic heterocycles. The summed E-state index contributed by atoms with van der Waals surface area (Å²) in [6.45, 7) is 1.01. The number of aryl methyl sites for hydroxylation is 1. The molecule has 0 unspecified atom stereocenters. The molecule has 148 valence electrons. The Morgan fingerprint density at radius 1 is 1.03 bits per heavy atom. The number of pyridine rings is 1. The summed E-state index contributed by atoms with van der Waals surface area (Å²) in [7, 11) is 0. The minimum Gasteiger partial charge on any atom is -0.494 e. The maximum atomic E-state index is 11.3. The lowest BCUT2D eigenvalue weighted by Gasteiger charge is -2.08. The van der Waals surface area contributed by atoms with E-state index in [1.807, 2.05) is 30.3 Å². The quantitative estimate of drug-likeness (QED) is 0.450. The van der Waals surface area contributed by atoms with Crippen LogP contribution in [-0.2, 0) is 13.0 Å². The van der Waals surface area contributed by atoms with Crippen molar-refractivity contribution in [3.05, 3.63) is 80.3 Å². The van der Waals surface area contributed by atoms with Crippen molar-refractivity contribution in [1.29, 1.82) is 0 Å². The monoisotopic (exact) mass is 429 g/mol. The first-order valence-corrected chi connectivity index (χ1v) is 9.78. The van der Waals surface area contributed by atoms with Crippen molar-refractivity contribution in [2.75, 3.05) is 6.61 Å². The van der Waals surface area contributed by atoms with E-state index in [9.17, 15) is 4.79 Å². The van der Waals surface area contributed by atoms with Crippen LogP contribution >= 0.6 is 23.2 Å². The van der Waals surface area contributed by atoms with Crippen molar-refractivity contribution < 1.29 is 4.74 Å². The number of nitrogens with one attached hydrogen (secondary N) is 1. The molecule has 2 heterocycles. The Kier molecular flexibility index (Phi) is 5.78. The second kappa shape index (κ2) is 8.63. The molecule has 4 aromatic rings. The van der Waals surface area contributed by atoms with Gasteiger partial charge in [0, 0.05) is 33.4 Å². The minimum atomic E-state index is -0.121. The third-order valence-electron chi connectivity index (χ3n) is 4.37. The number of nitrogens with zero attached hydrogens (tertiary/aromatic N) is 4. The first kappa shape index (κ1) is 19.4. The lowest BCUT2D eigenvalue weighted by molar-refractivity contribution is 0.309. The Balaban J connectivity index is 1.34. The molecule has 0 saturated carbocycles. The van der Waals surface area contributed by atoms with Gasteiger partial charge in [-0.15, -0.1) is 5.10 Å². The Morgan fingerprint density at radius 3 is 2.69 bits per heavy atom. The Bertz CT molecular complexity index is 1180. The number of aromatic amines is 1. The molecule has 0 fully saturated rings. The van der Waals surface area contributed by atoms with E-state index in [2.05, 4.69) is 20.5 Å². The van der Waals surface area contributed by atoms with Gasteiger partial charge in [-0.2, -0.15) is 0 Å². The molecule has 2 aromatic carbocycles. The molecular weight excluding hydrogens is 413 g/mol. The smallest absolute Gasteiger partial charge is 0.248 e. The van der Waals surface area contributed by atoms with E-state index in [0.29, 0.717) is 29.6 Å². The van der Waals surface area contributed by atoms with Crippen LogP contribution < -0.4 is 10.3 Å². The maximum absolute atomic E-state index is 11.3. The lowest BCUT2D eigenvalue weighted by Crippen LogP contribution is -2.09. The number of fused-ring (bicyclic) bond motifs is 1. The normalized spacial score (nSPS) is 11.1.